The molecule has 24 heavy (non-hydrogen) atoms. The second-order valence-corrected chi connectivity index (χ2v) is 6.57. The zero-order valence-corrected chi connectivity index (χ0v) is 15.3. The molecule has 2 N–H and O–H groups in total. The molecule has 0 aliphatic rings. The van der Waals surface area contributed by atoms with Crippen molar-refractivity contribution in [3.05, 3.63) is 51.8 Å². The molecule has 2 atom stereocenters. The smallest absolute Gasteiger partial charge is 0.223 e. The third-order valence-electron chi connectivity index (χ3n) is 4.35. The second-order valence-electron chi connectivity index (χ2n) is 6.16. The van der Waals surface area contributed by atoms with Crippen LogP contribution in [0, 0.1) is 19.8 Å². The van der Waals surface area contributed by atoms with Crippen molar-refractivity contribution in [2.75, 3.05) is 6.54 Å². The van der Waals surface area contributed by atoms with Gasteiger partial charge in [-0.15, -0.1) is 0 Å². The van der Waals surface area contributed by atoms with Crippen LogP contribution in [0.4, 0.5) is 0 Å². The van der Waals surface area contributed by atoms with Gasteiger partial charge in [-0.2, -0.15) is 5.10 Å². The van der Waals surface area contributed by atoms with Gasteiger partial charge in [-0.25, -0.2) is 0 Å². The number of benzene rings is 1. The normalized spacial score (nSPS) is 13.6. The fourth-order valence-corrected chi connectivity index (χ4v) is 3.00. The minimum Gasteiger partial charge on any atom is -0.387 e. The number of nitrogens with one attached hydrogen (secondary N) is 1. The number of aliphatic hydroxyl groups excluding tert-OH is 1. The third-order valence-corrected chi connectivity index (χ3v) is 4.69. The lowest BCUT2D eigenvalue weighted by Gasteiger charge is -2.16. The van der Waals surface area contributed by atoms with Crippen LogP contribution in [0.25, 0.3) is 0 Å². The van der Waals surface area contributed by atoms with Crippen LogP contribution in [-0.4, -0.2) is 27.3 Å². The monoisotopic (exact) mass is 349 g/mol. The van der Waals surface area contributed by atoms with Gasteiger partial charge < -0.3 is 10.4 Å². The van der Waals surface area contributed by atoms with Gasteiger partial charge in [0.15, 0.2) is 0 Å². The van der Waals surface area contributed by atoms with E-state index in [1.807, 2.05) is 38.6 Å². The summed E-state index contributed by atoms with van der Waals surface area (Å²) in [6.07, 6.45) is -0.198. The minimum absolute atomic E-state index is 0.0937. The number of aliphatic hydroxyl groups is 1. The number of hydrogen-bond donors (Lipinski definition) is 2. The zero-order chi connectivity index (χ0) is 17.9. The lowest BCUT2D eigenvalue weighted by molar-refractivity contribution is -0.124. The summed E-state index contributed by atoms with van der Waals surface area (Å²) in [5, 5.41) is 17.9. The standard InChI is InChI=1S/C18H24ClN3O2/c1-11(9-15-12(2)21-22(4)13(15)3)18(24)20-10-17(23)14-7-5-6-8-16(14)19/h5-8,11,17,23H,9-10H2,1-4H3,(H,20,24). The van der Waals surface area contributed by atoms with Gasteiger partial charge in [-0.1, -0.05) is 36.7 Å². The van der Waals surface area contributed by atoms with E-state index in [0.717, 1.165) is 17.0 Å². The van der Waals surface area contributed by atoms with Crippen LogP contribution in [0.5, 0.6) is 0 Å². The number of rotatable bonds is 6. The molecule has 0 saturated heterocycles. The van der Waals surface area contributed by atoms with Crippen molar-refractivity contribution in [1.82, 2.24) is 15.1 Å². The van der Waals surface area contributed by atoms with Crippen molar-refractivity contribution >= 4 is 17.5 Å². The molecular formula is C18H24ClN3O2. The molecule has 1 aromatic heterocycles. The number of carbonyl (C=O) groups excluding carboxylic acids is 1. The highest BCUT2D eigenvalue weighted by Gasteiger charge is 2.20. The summed E-state index contributed by atoms with van der Waals surface area (Å²) >= 11 is 6.06. The molecule has 0 aliphatic heterocycles. The third kappa shape index (κ3) is 4.16. The van der Waals surface area contributed by atoms with Crippen molar-refractivity contribution in [2.24, 2.45) is 13.0 Å². The number of amides is 1. The molecular weight excluding hydrogens is 326 g/mol. The molecule has 6 heteroatoms. The van der Waals surface area contributed by atoms with E-state index in [2.05, 4.69) is 10.4 Å². The first-order valence-electron chi connectivity index (χ1n) is 8.00. The van der Waals surface area contributed by atoms with Crippen LogP contribution >= 0.6 is 11.6 Å². The SMILES string of the molecule is Cc1nn(C)c(C)c1CC(C)C(=O)NCC(O)c1ccccc1Cl. The lowest BCUT2D eigenvalue weighted by Crippen LogP contribution is -2.33. The van der Waals surface area contributed by atoms with Crippen molar-refractivity contribution < 1.29 is 9.90 Å². The van der Waals surface area contributed by atoms with E-state index < -0.39 is 6.10 Å². The second kappa shape index (κ2) is 7.81. The van der Waals surface area contributed by atoms with Crippen LogP contribution in [0.3, 0.4) is 0 Å². The van der Waals surface area contributed by atoms with E-state index in [0.29, 0.717) is 17.0 Å². The molecule has 0 fully saturated rings. The van der Waals surface area contributed by atoms with Crippen LogP contribution in [0.1, 0.15) is 35.5 Å². The Labute approximate surface area is 147 Å². The molecule has 1 aromatic carbocycles. The molecule has 130 valence electrons. The fourth-order valence-electron chi connectivity index (χ4n) is 2.74. The average Bonchev–Trinajstić information content (AvgIpc) is 2.79. The maximum Gasteiger partial charge on any atom is 0.223 e. The first-order chi connectivity index (χ1) is 11.3. The van der Waals surface area contributed by atoms with Gasteiger partial charge in [0.05, 0.1) is 11.8 Å². The van der Waals surface area contributed by atoms with E-state index in [1.165, 1.54) is 0 Å². The number of halogens is 1. The van der Waals surface area contributed by atoms with Gasteiger partial charge in [0.1, 0.15) is 0 Å². The highest BCUT2D eigenvalue weighted by atomic mass is 35.5. The Balaban J connectivity index is 1.93. The Morgan fingerprint density at radius 3 is 2.62 bits per heavy atom. The van der Waals surface area contributed by atoms with Crippen LogP contribution < -0.4 is 5.32 Å². The summed E-state index contributed by atoms with van der Waals surface area (Å²) in [5.41, 5.74) is 3.74. The quantitative estimate of drug-likeness (QED) is 0.842. The molecule has 5 nitrogen and oxygen atoms in total. The summed E-state index contributed by atoms with van der Waals surface area (Å²) in [6, 6.07) is 7.09. The molecule has 0 aliphatic carbocycles. The van der Waals surface area contributed by atoms with Gasteiger partial charge in [0, 0.05) is 35.8 Å². The average molecular weight is 350 g/mol. The fraction of sp³-hybridized carbons (Fsp3) is 0.444. The molecule has 1 heterocycles. The summed E-state index contributed by atoms with van der Waals surface area (Å²) in [6.45, 7) is 5.97. The highest BCUT2D eigenvalue weighted by Crippen LogP contribution is 2.22. The first kappa shape index (κ1) is 18.5. The van der Waals surface area contributed by atoms with Crippen molar-refractivity contribution in [2.45, 2.75) is 33.3 Å². The topological polar surface area (TPSA) is 67.2 Å². The Morgan fingerprint density at radius 1 is 1.38 bits per heavy atom. The summed E-state index contributed by atoms with van der Waals surface area (Å²) in [7, 11) is 1.90. The summed E-state index contributed by atoms with van der Waals surface area (Å²) in [4.78, 5) is 12.3. The Kier molecular flexibility index (Phi) is 6.02. The van der Waals surface area contributed by atoms with Gasteiger partial charge in [-0.05, 0) is 31.9 Å². The predicted octanol–water partition coefficient (Wildman–Crippen LogP) is 2.72. The maximum atomic E-state index is 12.3. The van der Waals surface area contributed by atoms with Gasteiger partial charge >= 0.3 is 0 Å². The Bertz CT molecular complexity index is 727. The van der Waals surface area contributed by atoms with Crippen molar-refractivity contribution in [3.8, 4) is 0 Å². The predicted molar refractivity (Wildman–Crippen MR) is 95.0 cm³/mol. The molecule has 0 bridgehead atoms. The highest BCUT2D eigenvalue weighted by molar-refractivity contribution is 6.31. The Hall–Kier alpha value is -1.85. The van der Waals surface area contributed by atoms with E-state index in [4.69, 9.17) is 11.6 Å². The molecule has 0 spiro atoms. The van der Waals surface area contributed by atoms with E-state index in [1.54, 1.807) is 18.2 Å². The molecule has 2 rings (SSSR count). The number of aromatic nitrogens is 2. The number of carbonyl (C=O) groups is 1. The molecule has 1 amide bonds. The molecule has 0 radical (unpaired) electrons. The Morgan fingerprint density at radius 2 is 2.04 bits per heavy atom. The molecule has 2 aromatic rings. The van der Waals surface area contributed by atoms with E-state index in [-0.39, 0.29) is 18.4 Å². The number of nitrogens with zero attached hydrogens (tertiary/aromatic N) is 2. The van der Waals surface area contributed by atoms with Crippen LogP contribution in [-0.2, 0) is 18.3 Å². The molecule has 0 saturated carbocycles. The summed E-state index contributed by atoms with van der Waals surface area (Å²) < 4.78 is 1.83. The van der Waals surface area contributed by atoms with Crippen molar-refractivity contribution in [1.29, 1.82) is 0 Å². The van der Waals surface area contributed by atoms with Gasteiger partial charge in [0.2, 0.25) is 5.91 Å². The zero-order valence-electron chi connectivity index (χ0n) is 14.5. The lowest BCUT2D eigenvalue weighted by atomic mass is 9.98. The van der Waals surface area contributed by atoms with E-state index in [9.17, 15) is 9.90 Å². The van der Waals surface area contributed by atoms with Gasteiger partial charge in [-0.3, -0.25) is 9.48 Å². The molecule has 2 unspecified atom stereocenters. The number of hydrogen-bond acceptors (Lipinski definition) is 3. The van der Waals surface area contributed by atoms with Crippen LogP contribution in [0.2, 0.25) is 5.02 Å². The maximum absolute atomic E-state index is 12.3. The van der Waals surface area contributed by atoms with Gasteiger partial charge in [0.25, 0.3) is 0 Å². The van der Waals surface area contributed by atoms with Crippen molar-refractivity contribution in [3.63, 3.8) is 0 Å². The largest absolute Gasteiger partial charge is 0.387 e. The summed E-state index contributed by atoms with van der Waals surface area (Å²) in [5.74, 6) is -0.297. The first-order valence-corrected chi connectivity index (χ1v) is 8.38. The number of aryl methyl sites for hydroxylation is 2. The van der Waals surface area contributed by atoms with Crippen LogP contribution in [0.15, 0.2) is 24.3 Å². The van der Waals surface area contributed by atoms with E-state index >= 15 is 0 Å². The minimum atomic E-state index is -0.822.